The largest absolute Gasteiger partial charge is 0.350 e. The molecule has 0 bridgehead atoms. The maximum atomic E-state index is 5.19. The maximum Gasteiger partial charge on any atom is 0.165 e. The lowest BCUT2D eigenvalue weighted by atomic mass is 10.0. The zero-order valence-electron chi connectivity index (χ0n) is 18.8. The summed E-state index contributed by atoms with van der Waals surface area (Å²) in [4.78, 5) is 7.74. The summed E-state index contributed by atoms with van der Waals surface area (Å²) < 4.78 is 0.416. The molecule has 1 saturated carbocycles. The number of aliphatic imine (C=N–C) groups is 1. The summed E-state index contributed by atoms with van der Waals surface area (Å²) in [5.74, 6) is 4.09. The van der Waals surface area contributed by atoms with Gasteiger partial charge in [0.2, 0.25) is 0 Å². The van der Waals surface area contributed by atoms with Crippen molar-refractivity contribution < 1.29 is 0 Å². The quantitative estimate of drug-likeness (QED) is 0.414. The predicted octanol–water partition coefficient (Wildman–Crippen LogP) is 6.54. The molecule has 1 aromatic carbocycles. The first-order valence-corrected chi connectivity index (χ1v) is 15.1. The first-order chi connectivity index (χ1) is 13.1. The molecule has 0 radical (unpaired) electrons. The smallest absolute Gasteiger partial charge is 0.165 e. The van der Waals surface area contributed by atoms with Crippen LogP contribution in [0.2, 0.25) is 19.6 Å². The molecule has 1 aromatic rings. The Morgan fingerprint density at radius 1 is 1.14 bits per heavy atom. The number of hydrogen-bond donors (Lipinski definition) is 0. The van der Waals surface area contributed by atoms with Gasteiger partial charge in [-0.05, 0) is 55.9 Å². The second-order valence-corrected chi connectivity index (χ2v) is 16.2. The summed E-state index contributed by atoms with van der Waals surface area (Å²) >= 11 is 2.05. The topological polar surface area (TPSA) is 15.6 Å². The average Bonchev–Trinajstić information content (AvgIpc) is 3.17. The van der Waals surface area contributed by atoms with Gasteiger partial charge in [0.15, 0.2) is 5.17 Å². The molecule has 1 spiro atoms. The Bertz CT molecular complexity index is 817. The van der Waals surface area contributed by atoms with Gasteiger partial charge >= 0.3 is 0 Å². The minimum absolute atomic E-state index is 0.416. The van der Waals surface area contributed by atoms with Crippen molar-refractivity contribution >= 4 is 30.7 Å². The van der Waals surface area contributed by atoms with Crippen molar-refractivity contribution in [2.45, 2.75) is 77.8 Å². The van der Waals surface area contributed by atoms with Gasteiger partial charge in [0, 0.05) is 23.4 Å². The SMILES string of the molecule is Cc1c(C#C[Si](C)(C)C)ccc(/N=C2\SC3(CCCC3)CN2CC(C)C)c1C. The molecule has 0 amide bonds. The number of thioether (sulfide) groups is 1. The monoisotopic (exact) mass is 412 g/mol. The Labute approximate surface area is 177 Å². The summed E-state index contributed by atoms with van der Waals surface area (Å²) in [6, 6.07) is 4.35. The van der Waals surface area contributed by atoms with E-state index >= 15 is 0 Å². The Balaban J connectivity index is 1.92. The molecule has 2 aliphatic rings. The van der Waals surface area contributed by atoms with Crippen LogP contribution in [0.15, 0.2) is 17.1 Å². The van der Waals surface area contributed by atoms with Crippen LogP contribution in [0.3, 0.4) is 0 Å². The van der Waals surface area contributed by atoms with E-state index in [0.717, 1.165) is 17.8 Å². The van der Waals surface area contributed by atoms with Gasteiger partial charge in [0.1, 0.15) is 8.07 Å². The second kappa shape index (κ2) is 8.28. The Morgan fingerprint density at radius 3 is 2.43 bits per heavy atom. The van der Waals surface area contributed by atoms with Gasteiger partial charge in [-0.15, -0.1) is 5.54 Å². The van der Waals surface area contributed by atoms with Crippen LogP contribution in [0.1, 0.15) is 56.2 Å². The third kappa shape index (κ3) is 5.05. The number of amidine groups is 1. The minimum Gasteiger partial charge on any atom is -0.350 e. The van der Waals surface area contributed by atoms with Crippen molar-refractivity contribution in [2.24, 2.45) is 10.9 Å². The normalized spacial score (nSPS) is 20.3. The summed E-state index contributed by atoms with van der Waals surface area (Å²) in [7, 11) is -1.37. The molecule has 1 heterocycles. The van der Waals surface area contributed by atoms with E-state index in [9.17, 15) is 0 Å². The molecule has 0 aromatic heterocycles. The van der Waals surface area contributed by atoms with Crippen molar-refractivity contribution in [3.8, 4) is 11.5 Å². The number of rotatable bonds is 3. The predicted molar refractivity (Wildman–Crippen MR) is 128 cm³/mol. The molecular weight excluding hydrogens is 376 g/mol. The molecule has 1 aliphatic carbocycles. The summed E-state index contributed by atoms with van der Waals surface area (Å²) in [6.07, 6.45) is 5.43. The lowest BCUT2D eigenvalue weighted by molar-refractivity contribution is 0.346. The molecule has 4 heteroatoms. The van der Waals surface area contributed by atoms with E-state index in [1.54, 1.807) is 0 Å². The van der Waals surface area contributed by atoms with Crippen molar-refractivity contribution in [2.75, 3.05) is 13.1 Å². The van der Waals surface area contributed by atoms with Crippen LogP contribution in [-0.2, 0) is 0 Å². The Morgan fingerprint density at radius 2 is 1.82 bits per heavy atom. The molecule has 0 unspecified atom stereocenters. The van der Waals surface area contributed by atoms with Gasteiger partial charge < -0.3 is 4.90 Å². The fourth-order valence-corrected chi connectivity index (χ4v) is 6.11. The number of hydrogen-bond acceptors (Lipinski definition) is 2. The van der Waals surface area contributed by atoms with Gasteiger partial charge in [-0.2, -0.15) is 0 Å². The van der Waals surface area contributed by atoms with Crippen LogP contribution in [0.5, 0.6) is 0 Å². The van der Waals surface area contributed by atoms with Crippen LogP contribution in [0.4, 0.5) is 5.69 Å². The minimum atomic E-state index is -1.37. The highest BCUT2D eigenvalue weighted by Gasteiger charge is 2.44. The van der Waals surface area contributed by atoms with Crippen LogP contribution in [0.25, 0.3) is 0 Å². The van der Waals surface area contributed by atoms with E-state index in [4.69, 9.17) is 4.99 Å². The second-order valence-electron chi connectivity index (χ2n) is 10.0. The van der Waals surface area contributed by atoms with Crippen LogP contribution >= 0.6 is 11.8 Å². The third-order valence-corrected chi connectivity index (χ3v) is 8.08. The highest BCUT2D eigenvalue weighted by atomic mass is 32.2. The average molecular weight is 413 g/mol. The van der Waals surface area contributed by atoms with Gasteiger partial charge in [-0.1, -0.05) is 64.0 Å². The van der Waals surface area contributed by atoms with E-state index in [1.807, 2.05) is 0 Å². The Kier molecular flexibility index (Phi) is 6.37. The van der Waals surface area contributed by atoms with Crippen molar-refractivity contribution in [1.82, 2.24) is 4.90 Å². The van der Waals surface area contributed by atoms with Gasteiger partial charge in [-0.3, -0.25) is 0 Å². The van der Waals surface area contributed by atoms with Gasteiger partial charge in [0.25, 0.3) is 0 Å². The first kappa shape index (κ1) is 21.5. The first-order valence-electron chi connectivity index (χ1n) is 10.7. The summed E-state index contributed by atoms with van der Waals surface area (Å²) in [5.41, 5.74) is 8.33. The lowest BCUT2D eigenvalue weighted by Gasteiger charge is -2.23. The molecule has 28 heavy (non-hydrogen) atoms. The molecule has 1 aliphatic heterocycles. The zero-order chi connectivity index (χ0) is 20.5. The van der Waals surface area contributed by atoms with Crippen molar-refractivity contribution in [3.05, 3.63) is 28.8 Å². The Hall–Kier alpha value is -1.18. The standard InChI is InChI=1S/C24H36N2SSi/c1-18(2)16-26-17-24(13-8-9-14-24)27-23(26)25-22-11-10-21(19(3)20(22)4)12-15-28(5,6)7/h10-11,18H,8-9,13-14,16-17H2,1-7H3/b25-23-. The molecule has 0 N–H and O–H groups in total. The molecule has 0 atom stereocenters. The van der Waals surface area contributed by atoms with E-state index < -0.39 is 8.07 Å². The van der Waals surface area contributed by atoms with Gasteiger partial charge in [-0.25, -0.2) is 4.99 Å². The molecule has 2 fully saturated rings. The van der Waals surface area contributed by atoms with Crippen molar-refractivity contribution in [3.63, 3.8) is 0 Å². The number of nitrogens with zero attached hydrogens (tertiary/aromatic N) is 2. The molecule has 3 rings (SSSR count). The fourth-order valence-electron chi connectivity index (χ4n) is 4.08. The van der Waals surface area contributed by atoms with E-state index in [1.165, 1.54) is 48.5 Å². The lowest BCUT2D eigenvalue weighted by Crippen LogP contribution is -2.33. The van der Waals surface area contributed by atoms with Crippen LogP contribution < -0.4 is 0 Å². The summed E-state index contributed by atoms with van der Waals surface area (Å²) in [6.45, 7) is 18.2. The highest BCUT2D eigenvalue weighted by Crippen LogP contribution is 2.48. The van der Waals surface area contributed by atoms with E-state index in [-0.39, 0.29) is 0 Å². The molecule has 1 saturated heterocycles. The fraction of sp³-hybridized carbons (Fsp3) is 0.625. The third-order valence-electron chi connectivity index (χ3n) is 5.70. The molecular formula is C24H36N2SSi. The molecule has 152 valence electrons. The molecule has 2 nitrogen and oxygen atoms in total. The van der Waals surface area contributed by atoms with Crippen molar-refractivity contribution in [1.29, 1.82) is 0 Å². The van der Waals surface area contributed by atoms with E-state index in [0.29, 0.717) is 10.7 Å². The number of benzene rings is 1. The van der Waals surface area contributed by atoms with Crippen LogP contribution in [0, 0.1) is 31.2 Å². The van der Waals surface area contributed by atoms with Gasteiger partial charge in [0.05, 0.1) is 5.69 Å². The summed E-state index contributed by atoms with van der Waals surface area (Å²) in [5, 5.41) is 1.24. The van der Waals surface area contributed by atoms with Crippen LogP contribution in [-0.4, -0.2) is 36.0 Å². The van der Waals surface area contributed by atoms with E-state index in [2.05, 4.69) is 87.6 Å². The zero-order valence-corrected chi connectivity index (χ0v) is 20.6. The maximum absolute atomic E-state index is 5.19. The highest BCUT2D eigenvalue weighted by molar-refractivity contribution is 8.15.